The maximum Gasteiger partial charge on any atom is 0.194 e. The Morgan fingerprint density at radius 3 is 2.65 bits per heavy atom. The second kappa shape index (κ2) is 7.19. The summed E-state index contributed by atoms with van der Waals surface area (Å²) >= 11 is 5.24. The van der Waals surface area contributed by atoms with E-state index in [1.807, 2.05) is 35.3 Å². The van der Waals surface area contributed by atoms with Gasteiger partial charge in [0.05, 0.1) is 5.69 Å². The topological polar surface area (TPSA) is 39.7 Å². The van der Waals surface area contributed by atoms with Crippen molar-refractivity contribution in [3.05, 3.63) is 66.0 Å². The highest BCUT2D eigenvalue weighted by atomic mass is 32.1. The third-order valence-electron chi connectivity index (χ3n) is 3.50. The molecule has 4 nitrogen and oxygen atoms in total. The predicted octanol–water partition coefficient (Wildman–Crippen LogP) is 3.01. The maximum atomic E-state index is 12.9. The number of benzene rings is 2. The van der Waals surface area contributed by atoms with Crippen LogP contribution in [0.2, 0.25) is 0 Å². The zero-order valence-corrected chi connectivity index (χ0v) is 13.3. The van der Waals surface area contributed by atoms with E-state index in [1.165, 1.54) is 12.1 Å². The number of rotatable bonds is 3. The van der Waals surface area contributed by atoms with Crippen LogP contribution >= 0.6 is 12.2 Å². The van der Waals surface area contributed by atoms with Crippen LogP contribution in [0.1, 0.15) is 12.0 Å². The van der Waals surface area contributed by atoms with E-state index >= 15 is 0 Å². The Kier molecular flexibility index (Phi) is 4.83. The van der Waals surface area contributed by atoms with Gasteiger partial charge in [-0.3, -0.25) is 10.4 Å². The molecule has 2 aromatic rings. The minimum Gasteiger partial charge on any atom is -0.357 e. The number of nitrogens with zero attached hydrogens (tertiary/aromatic N) is 2. The Morgan fingerprint density at radius 1 is 1.17 bits per heavy atom. The third-order valence-corrected chi connectivity index (χ3v) is 3.73. The number of amidine groups is 1. The van der Waals surface area contributed by atoms with Crippen LogP contribution in [0.3, 0.4) is 0 Å². The van der Waals surface area contributed by atoms with Crippen molar-refractivity contribution in [3.8, 4) is 0 Å². The van der Waals surface area contributed by atoms with E-state index in [2.05, 4.69) is 15.7 Å². The number of anilines is 1. The first-order chi connectivity index (χ1) is 11.2. The van der Waals surface area contributed by atoms with Crippen molar-refractivity contribution < 1.29 is 4.39 Å². The molecule has 0 atom stereocenters. The lowest BCUT2D eigenvalue weighted by Gasteiger charge is -2.17. The highest BCUT2D eigenvalue weighted by Crippen LogP contribution is 2.14. The van der Waals surface area contributed by atoms with Crippen LogP contribution in [0, 0.1) is 5.82 Å². The Bertz CT molecular complexity index is 700. The standard InChI is InChI=1S/C17H17FN4S/c18-14-8-6-13(7-9-14)12-19-17(23)20-16-10-11-22(21-16)15-4-2-1-3-5-15/h1-9H,10-12H2,(H2,19,20,21,23). The van der Waals surface area contributed by atoms with Gasteiger partial charge in [-0.05, 0) is 42.0 Å². The van der Waals surface area contributed by atoms with Crippen LogP contribution in [-0.2, 0) is 6.54 Å². The first-order valence-corrected chi connectivity index (χ1v) is 7.80. The van der Waals surface area contributed by atoms with E-state index < -0.39 is 0 Å². The summed E-state index contributed by atoms with van der Waals surface area (Å²) in [5.74, 6) is 0.596. The van der Waals surface area contributed by atoms with Crippen molar-refractivity contribution in [3.63, 3.8) is 0 Å². The van der Waals surface area contributed by atoms with Gasteiger partial charge in [0.2, 0.25) is 0 Å². The van der Waals surface area contributed by atoms with Crippen molar-refractivity contribution in [1.82, 2.24) is 10.7 Å². The van der Waals surface area contributed by atoms with Crippen LogP contribution in [0.25, 0.3) is 0 Å². The second-order valence-corrected chi connectivity index (χ2v) is 5.58. The van der Waals surface area contributed by atoms with Crippen LogP contribution in [-0.4, -0.2) is 17.5 Å². The average molecular weight is 328 g/mol. The van der Waals surface area contributed by atoms with Crippen LogP contribution < -0.4 is 15.8 Å². The molecule has 6 heteroatoms. The van der Waals surface area contributed by atoms with Gasteiger partial charge in [0, 0.05) is 19.5 Å². The lowest BCUT2D eigenvalue weighted by Crippen LogP contribution is -2.34. The fraction of sp³-hybridized carbons (Fsp3) is 0.176. The average Bonchev–Trinajstić information content (AvgIpc) is 3.04. The summed E-state index contributed by atoms with van der Waals surface area (Å²) in [6.45, 7) is 1.38. The normalized spacial score (nSPS) is 15.5. The maximum absolute atomic E-state index is 12.9. The highest BCUT2D eigenvalue weighted by molar-refractivity contribution is 7.80. The molecule has 1 aliphatic rings. The molecule has 0 aromatic heterocycles. The minimum atomic E-state index is -0.243. The van der Waals surface area contributed by atoms with E-state index in [0.717, 1.165) is 30.1 Å². The Morgan fingerprint density at radius 2 is 1.91 bits per heavy atom. The molecular formula is C17H17FN4S. The summed E-state index contributed by atoms with van der Waals surface area (Å²) in [4.78, 5) is 4.39. The molecule has 0 aliphatic carbocycles. The molecule has 1 heterocycles. The van der Waals surface area contributed by atoms with Crippen LogP contribution in [0.5, 0.6) is 0 Å². The third kappa shape index (κ3) is 4.26. The second-order valence-electron chi connectivity index (χ2n) is 5.19. The summed E-state index contributed by atoms with van der Waals surface area (Å²) < 4.78 is 12.9. The highest BCUT2D eigenvalue weighted by Gasteiger charge is 2.17. The zero-order valence-electron chi connectivity index (χ0n) is 12.5. The number of hydrazine groups is 1. The molecule has 0 amide bonds. The largest absolute Gasteiger partial charge is 0.357 e. The van der Waals surface area contributed by atoms with Crippen molar-refractivity contribution in [2.75, 3.05) is 11.6 Å². The van der Waals surface area contributed by atoms with Crippen molar-refractivity contribution in [1.29, 1.82) is 0 Å². The molecule has 3 rings (SSSR count). The summed E-state index contributed by atoms with van der Waals surface area (Å²) in [5, 5.41) is 5.53. The van der Waals surface area contributed by atoms with Crippen molar-refractivity contribution in [2.45, 2.75) is 13.0 Å². The number of aliphatic imine (C=N–C) groups is 1. The number of hydrogen-bond acceptors (Lipinski definition) is 2. The molecule has 0 radical (unpaired) electrons. The fourth-order valence-corrected chi connectivity index (χ4v) is 2.49. The molecule has 1 fully saturated rings. The molecule has 0 bridgehead atoms. The summed E-state index contributed by atoms with van der Waals surface area (Å²) in [6.07, 6.45) is 0.813. The van der Waals surface area contributed by atoms with E-state index in [9.17, 15) is 4.39 Å². The minimum absolute atomic E-state index is 0.243. The number of halogens is 1. The monoisotopic (exact) mass is 328 g/mol. The summed E-state index contributed by atoms with van der Waals surface area (Å²) in [6, 6.07) is 16.4. The SMILES string of the molecule is Fc1ccc(CNC(=S)/N=C2/CCN(c3ccccc3)N2)cc1. The predicted molar refractivity (Wildman–Crippen MR) is 94.8 cm³/mol. The van der Waals surface area contributed by atoms with Crippen molar-refractivity contribution in [2.24, 2.45) is 4.99 Å². The van der Waals surface area contributed by atoms with Gasteiger partial charge in [-0.25, -0.2) is 9.38 Å². The number of thiocarbonyl (C=S) groups is 1. The fourth-order valence-electron chi connectivity index (χ4n) is 2.31. The van der Waals surface area contributed by atoms with Gasteiger partial charge in [-0.1, -0.05) is 30.3 Å². The van der Waals surface area contributed by atoms with Gasteiger partial charge < -0.3 is 5.32 Å². The van der Waals surface area contributed by atoms with Gasteiger partial charge >= 0.3 is 0 Å². The zero-order chi connectivity index (χ0) is 16.1. The summed E-state index contributed by atoms with van der Waals surface area (Å²) in [7, 11) is 0. The lowest BCUT2D eigenvalue weighted by atomic mass is 10.2. The van der Waals surface area contributed by atoms with E-state index in [4.69, 9.17) is 12.2 Å². The van der Waals surface area contributed by atoms with E-state index in [-0.39, 0.29) is 5.82 Å². The lowest BCUT2D eigenvalue weighted by molar-refractivity contribution is 0.627. The number of nitrogens with one attached hydrogen (secondary N) is 2. The molecule has 2 N–H and O–H groups in total. The van der Waals surface area contributed by atoms with Gasteiger partial charge in [-0.2, -0.15) is 0 Å². The molecule has 0 saturated carbocycles. The van der Waals surface area contributed by atoms with Gasteiger partial charge in [0.1, 0.15) is 11.7 Å². The molecule has 23 heavy (non-hydrogen) atoms. The molecule has 1 saturated heterocycles. The van der Waals surface area contributed by atoms with Crippen molar-refractivity contribution >= 4 is 28.9 Å². The number of para-hydroxylation sites is 1. The van der Waals surface area contributed by atoms with E-state index in [1.54, 1.807) is 12.1 Å². The molecule has 118 valence electrons. The quantitative estimate of drug-likeness (QED) is 0.850. The Labute approximate surface area is 140 Å². The van der Waals surface area contributed by atoms with Gasteiger partial charge in [0.15, 0.2) is 5.11 Å². The van der Waals surface area contributed by atoms with Gasteiger partial charge in [0.25, 0.3) is 0 Å². The Balaban J connectivity index is 1.53. The van der Waals surface area contributed by atoms with Crippen LogP contribution in [0.4, 0.5) is 10.1 Å². The van der Waals surface area contributed by atoms with Crippen LogP contribution in [0.15, 0.2) is 59.6 Å². The summed E-state index contributed by atoms with van der Waals surface area (Å²) in [5.41, 5.74) is 5.31. The van der Waals surface area contributed by atoms with Gasteiger partial charge in [-0.15, -0.1) is 0 Å². The van der Waals surface area contributed by atoms with E-state index in [0.29, 0.717) is 11.7 Å². The number of hydrogen-bond donors (Lipinski definition) is 2. The first-order valence-electron chi connectivity index (χ1n) is 7.40. The molecule has 0 unspecified atom stereocenters. The smallest absolute Gasteiger partial charge is 0.194 e. The molecule has 2 aromatic carbocycles. The molecule has 0 spiro atoms. The first kappa shape index (κ1) is 15.4. The Hall–Kier alpha value is -2.47. The molecular weight excluding hydrogens is 311 g/mol. The molecule has 1 aliphatic heterocycles.